The van der Waals surface area contributed by atoms with E-state index >= 15 is 0 Å². The third kappa shape index (κ3) is 8.43. The molecule has 1 aromatic rings. The molecule has 182 valence electrons. The number of ketones is 1. The lowest BCUT2D eigenvalue weighted by atomic mass is 10.0. The zero-order valence-corrected chi connectivity index (χ0v) is 21.7. The molecular formula is C27H43N4O2+. The van der Waals surface area contributed by atoms with Crippen LogP contribution in [0.3, 0.4) is 0 Å². The zero-order valence-electron chi connectivity index (χ0n) is 21.7. The number of rotatable bonds is 12. The maximum atomic E-state index is 12.6. The van der Waals surface area contributed by atoms with Gasteiger partial charge in [-0.05, 0) is 64.9 Å². The molecule has 33 heavy (non-hydrogen) atoms. The molecule has 1 aromatic heterocycles. The molecule has 0 aliphatic carbocycles. The fraction of sp³-hybridized carbons (Fsp3) is 0.593. The smallest absolute Gasteiger partial charge is 0.317 e. The van der Waals surface area contributed by atoms with Crippen molar-refractivity contribution < 1.29 is 14.5 Å². The third-order valence-corrected chi connectivity index (χ3v) is 6.08. The Morgan fingerprint density at radius 1 is 1.12 bits per heavy atom. The number of nitrogens with zero attached hydrogens (tertiary/aromatic N) is 3. The Kier molecular flexibility index (Phi) is 10.3. The van der Waals surface area contributed by atoms with Crippen molar-refractivity contribution in [3.63, 3.8) is 0 Å². The summed E-state index contributed by atoms with van der Waals surface area (Å²) in [6, 6.07) is 0. The molecule has 1 amide bonds. The number of quaternary nitrogens is 1. The number of aromatic nitrogens is 2. The van der Waals surface area contributed by atoms with Crippen molar-refractivity contribution in [2.24, 2.45) is 5.92 Å². The van der Waals surface area contributed by atoms with E-state index < -0.39 is 0 Å². The Morgan fingerprint density at radius 2 is 1.79 bits per heavy atom. The van der Waals surface area contributed by atoms with Crippen LogP contribution in [0.15, 0.2) is 41.3 Å². The lowest BCUT2D eigenvalue weighted by molar-refractivity contribution is -0.792. The van der Waals surface area contributed by atoms with E-state index in [-0.39, 0.29) is 11.7 Å². The van der Waals surface area contributed by atoms with Gasteiger partial charge < -0.3 is 9.47 Å². The lowest BCUT2D eigenvalue weighted by Crippen LogP contribution is -3.14. The van der Waals surface area contributed by atoms with Crippen molar-refractivity contribution in [3.05, 3.63) is 47.0 Å². The molecule has 6 heteroatoms. The molecule has 1 aliphatic rings. The van der Waals surface area contributed by atoms with Crippen LogP contribution in [0.1, 0.15) is 83.6 Å². The summed E-state index contributed by atoms with van der Waals surface area (Å²) in [6.07, 6.45) is 13.9. The quantitative estimate of drug-likeness (QED) is 0.376. The van der Waals surface area contributed by atoms with Gasteiger partial charge in [-0.2, -0.15) is 0 Å². The highest BCUT2D eigenvalue weighted by atomic mass is 16.2. The molecule has 6 nitrogen and oxygen atoms in total. The number of carbonyl (C=O) groups excluding carboxylic acids is 2. The van der Waals surface area contributed by atoms with Gasteiger partial charge in [0.25, 0.3) is 0 Å². The predicted octanol–water partition coefficient (Wildman–Crippen LogP) is 4.35. The van der Waals surface area contributed by atoms with Gasteiger partial charge in [0.1, 0.15) is 0 Å². The number of allylic oxidation sites excluding steroid dienone is 6. The summed E-state index contributed by atoms with van der Waals surface area (Å²) >= 11 is 0. The SMILES string of the molecule is CC(=CCn1cnc2c1C(=O)[NH+](C)CN2C)CCC=C(C)CCCC(C)=CC(=O)CC(C)C. The average molecular weight is 456 g/mol. The highest BCUT2D eigenvalue weighted by Crippen LogP contribution is 2.19. The molecule has 0 radical (unpaired) electrons. The standard InChI is InChI=1S/C27H42N4O2/c1-20(2)16-24(32)17-23(5)13-9-11-21(3)10-8-12-22(4)14-15-31-18-28-26-25(31)27(33)30(7)19-29(26)6/h10,14,17-18,20H,8-9,11-13,15-16,19H2,1-7H3/p+1. The Morgan fingerprint density at radius 3 is 2.48 bits per heavy atom. The summed E-state index contributed by atoms with van der Waals surface area (Å²) in [7, 11) is 3.88. The van der Waals surface area contributed by atoms with Crippen molar-refractivity contribution in [2.75, 3.05) is 25.7 Å². The molecule has 1 N–H and O–H groups in total. The van der Waals surface area contributed by atoms with Gasteiger partial charge in [0.05, 0.1) is 13.4 Å². The van der Waals surface area contributed by atoms with E-state index in [1.807, 2.05) is 29.6 Å². The second-order valence-corrected chi connectivity index (χ2v) is 10.1. The minimum absolute atomic E-state index is 0.111. The zero-order chi connectivity index (χ0) is 24.5. The van der Waals surface area contributed by atoms with E-state index in [0.29, 0.717) is 31.2 Å². The van der Waals surface area contributed by atoms with E-state index in [9.17, 15) is 9.59 Å². The van der Waals surface area contributed by atoms with Crippen LogP contribution in [-0.2, 0) is 11.3 Å². The van der Waals surface area contributed by atoms with Gasteiger partial charge in [0.2, 0.25) is 0 Å². The van der Waals surface area contributed by atoms with Crippen molar-refractivity contribution in [1.82, 2.24) is 9.55 Å². The van der Waals surface area contributed by atoms with Crippen molar-refractivity contribution in [3.8, 4) is 0 Å². The number of anilines is 1. The molecule has 0 saturated carbocycles. The minimum Gasteiger partial charge on any atom is -0.317 e. The van der Waals surface area contributed by atoms with Crippen LogP contribution in [0.2, 0.25) is 0 Å². The Hall–Kier alpha value is -2.47. The van der Waals surface area contributed by atoms with Crippen LogP contribution < -0.4 is 9.80 Å². The fourth-order valence-corrected chi connectivity index (χ4v) is 4.18. The van der Waals surface area contributed by atoms with Gasteiger partial charge in [0, 0.05) is 20.0 Å². The maximum absolute atomic E-state index is 12.6. The van der Waals surface area contributed by atoms with Crippen molar-refractivity contribution in [1.29, 1.82) is 0 Å². The summed E-state index contributed by atoms with van der Waals surface area (Å²) in [5.74, 6) is 1.56. The van der Waals surface area contributed by atoms with E-state index in [1.165, 1.54) is 16.7 Å². The number of fused-ring (bicyclic) bond motifs is 1. The van der Waals surface area contributed by atoms with Crippen LogP contribution in [0, 0.1) is 5.92 Å². The number of amides is 1. The molecule has 1 atom stereocenters. The van der Waals surface area contributed by atoms with Gasteiger partial charge in [-0.15, -0.1) is 0 Å². The molecule has 0 aromatic carbocycles. The minimum atomic E-state index is 0.111. The number of imidazole rings is 1. The highest BCUT2D eigenvalue weighted by Gasteiger charge is 2.34. The predicted molar refractivity (Wildman–Crippen MR) is 136 cm³/mol. The normalized spacial score (nSPS) is 17.7. The Bertz CT molecular complexity index is 921. The first-order valence-electron chi connectivity index (χ1n) is 12.2. The third-order valence-electron chi connectivity index (χ3n) is 6.08. The van der Waals surface area contributed by atoms with Crippen LogP contribution in [0.4, 0.5) is 5.82 Å². The highest BCUT2D eigenvalue weighted by molar-refractivity contribution is 5.92. The van der Waals surface area contributed by atoms with Gasteiger partial charge in [0.15, 0.2) is 24.0 Å². The van der Waals surface area contributed by atoms with E-state index in [1.54, 1.807) is 6.33 Å². The molecule has 2 heterocycles. The van der Waals surface area contributed by atoms with Crippen LogP contribution in [0.5, 0.6) is 0 Å². The first-order valence-corrected chi connectivity index (χ1v) is 12.2. The largest absolute Gasteiger partial charge is 0.365 e. The molecular weight excluding hydrogens is 412 g/mol. The summed E-state index contributed by atoms with van der Waals surface area (Å²) < 4.78 is 1.96. The maximum Gasteiger partial charge on any atom is 0.365 e. The molecule has 1 aliphatic heterocycles. The van der Waals surface area contributed by atoms with E-state index in [2.05, 4.69) is 51.8 Å². The first kappa shape index (κ1) is 26.8. The summed E-state index contributed by atoms with van der Waals surface area (Å²) in [4.78, 5) is 31.8. The summed E-state index contributed by atoms with van der Waals surface area (Å²) in [6.45, 7) is 11.9. The lowest BCUT2D eigenvalue weighted by Gasteiger charge is -2.26. The fourth-order valence-electron chi connectivity index (χ4n) is 4.18. The molecule has 2 rings (SSSR count). The molecule has 1 unspecified atom stereocenters. The Balaban J connectivity index is 1.77. The van der Waals surface area contributed by atoms with Gasteiger partial charge in [-0.25, -0.2) is 9.78 Å². The second-order valence-electron chi connectivity index (χ2n) is 10.1. The van der Waals surface area contributed by atoms with Crippen LogP contribution in [0.25, 0.3) is 0 Å². The number of hydrogen-bond acceptors (Lipinski definition) is 4. The second kappa shape index (κ2) is 12.7. The first-order chi connectivity index (χ1) is 15.6. The van der Waals surface area contributed by atoms with Crippen molar-refractivity contribution in [2.45, 2.75) is 79.7 Å². The summed E-state index contributed by atoms with van der Waals surface area (Å²) in [5.41, 5.74) is 4.62. The molecule has 0 fully saturated rings. The van der Waals surface area contributed by atoms with Crippen LogP contribution in [-0.4, -0.2) is 42.0 Å². The summed E-state index contributed by atoms with van der Waals surface area (Å²) in [5, 5.41) is 0. The van der Waals surface area contributed by atoms with Gasteiger partial charge in [-0.1, -0.05) is 42.7 Å². The van der Waals surface area contributed by atoms with Crippen molar-refractivity contribution >= 4 is 17.5 Å². The average Bonchev–Trinajstić information content (AvgIpc) is 3.14. The molecule has 0 bridgehead atoms. The topological polar surface area (TPSA) is 59.6 Å². The number of nitrogens with one attached hydrogen (secondary N) is 1. The Labute approximate surface area is 200 Å². The van der Waals surface area contributed by atoms with Gasteiger partial charge >= 0.3 is 5.91 Å². The molecule has 0 saturated heterocycles. The van der Waals surface area contributed by atoms with Gasteiger partial charge in [-0.3, -0.25) is 9.69 Å². The van der Waals surface area contributed by atoms with E-state index in [4.69, 9.17) is 0 Å². The van der Waals surface area contributed by atoms with Crippen LogP contribution >= 0.6 is 0 Å². The van der Waals surface area contributed by atoms with E-state index in [0.717, 1.165) is 42.8 Å². The monoisotopic (exact) mass is 455 g/mol. The number of hydrogen-bond donors (Lipinski definition) is 1. The molecule has 0 spiro atoms. The number of carbonyl (C=O) groups is 2.